The molecule has 1 saturated heterocycles. The van der Waals surface area contributed by atoms with E-state index in [1.807, 2.05) is 28.5 Å². The highest BCUT2D eigenvalue weighted by atomic mass is 32.1. The summed E-state index contributed by atoms with van der Waals surface area (Å²) in [5, 5.41) is 4.79. The van der Waals surface area contributed by atoms with Gasteiger partial charge in [0.15, 0.2) is 0 Å². The molecule has 27 heavy (non-hydrogen) atoms. The van der Waals surface area contributed by atoms with Crippen LogP contribution in [0.25, 0.3) is 0 Å². The number of hydrogen-bond acceptors (Lipinski definition) is 4. The van der Waals surface area contributed by atoms with Gasteiger partial charge in [-0.3, -0.25) is 9.59 Å². The number of benzene rings is 1. The van der Waals surface area contributed by atoms with Gasteiger partial charge in [0, 0.05) is 42.1 Å². The first kappa shape index (κ1) is 18.0. The minimum Gasteiger partial charge on any atom is -0.368 e. The van der Waals surface area contributed by atoms with E-state index in [4.69, 9.17) is 0 Å². The van der Waals surface area contributed by atoms with Crippen molar-refractivity contribution in [2.75, 3.05) is 37.6 Å². The molecule has 4 rings (SSSR count). The predicted molar refractivity (Wildman–Crippen MR) is 109 cm³/mol. The van der Waals surface area contributed by atoms with Crippen LogP contribution >= 0.6 is 11.3 Å². The van der Waals surface area contributed by atoms with Crippen molar-refractivity contribution in [1.29, 1.82) is 0 Å². The second kappa shape index (κ2) is 8.13. The first-order valence-corrected chi connectivity index (χ1v) is 10.6. The summed E-state index contributed by atoms with van der Waals surface area (Å²) in [7, 11) is 0. The number of anilines is 1. The molecule has 2 amide bonds. The SMILES string of the molecule is O=C(NCC(=O)N1CCN(c2ccccc2)CC1)c1csc2c1CCCC2. The molecule has 1 aliphatic carbocycles. The van der Waals surface area contributed by atoms with Gasteiger partial charge in [0.05, 0.1) is 12.1 Å². The molecule has 0 radical (unpaired) electrons. The van der Waals surface area contributed by atoms with Crippen molar-refractivity contribution in [3.63, 3.8) is 0 Å². The van der Waals surface area contributed by atoms with E-state index in [1.165, 1.54) is 22.5 Å². The Morgan fingerprint density at radius 1 is 1.00 bits per heavy atom. The normalized spacial score (nSPS) is 16.7. The number of nitrogens with one attached hydrogen (secondary N) is 1. The molecule has 6 heteroatoms. The summed E-state index contributed by atoms with van der Waals surface area (Å²) >= 11 is 1.68. The van der Waals surface area contributed by atoms with E-state index in [-0.39, 0.29) is 18.4 Å². The van der Waals surface area contributed by atoms with E-state index < -0.39 is 0 Å². The van der Waals surface area contributed by atoms with Crippen LogP contribution in [0.5, 0.6) is 0 Å². The highest BCUT2D eigenvalue weighted by Crippen LogP contribution is 2.30. The highest BCUT2D eigenvalue weighted by Gasteiger charge is 2.23. The monoisotopic (exact) mass is 383 g/mol. The van der Waals surface area contributed by atoms with Crippen LogP contribution in [0.15, 0.2) is 35.7 Å². The summed E-state index contributed by atoms with van der Waals surface area (Å²) < 4.78 is 0. The molecular weight excluding hydrogens is 358 g/mol. The average Bonchev–Trinajstić information content (AvgIpc) is 3.17. The Labute approximate surface area is 164 Å². The largest absolute Gasteiger partial charge is 0.368 e. The molecule has 1 aromatic heterocycles. The van der Waals surface area contributed by atoms with E-state index in [0.717, 1.165) is 37.9 Å². The fourth-order valence-electron chi connectivity index (χ4n) is 3.90. The first-order chi connectivity index (χ1) is 13.2. The molecule has 0 unspecified atom stereocenters. The summed E-state index contributed by atoms with van der Waals surface area (Å²) in [6, 6.07) is 10.3. The molecule has 1 fully saturated rings. The number of aryl methyl sites for hydroxylation is 1. The summed E-state index contributed by atoms with van der Waals surface area (Å²) in [5.41, 5.74) is 3.17. The Morgan fingerprint density at radius 3 is 2.52 bits per heavy atom. The Balaban J connectivity index is 1.28. The highest BCUT2D eigenvalue weighted by molar-refractivity contribution is 7.10. The Hall–Kier alpha value is -2.34. The number of thiophene rings is 1. The molecule has 2 aromatic rings. The van der Waals surface area contributed by atoms with Gasteiger partial charge in [-0.1, -0.05) is 18.2 Å². The van der Waals surface area contributed by atoms with Gasteiger partial charge < -0.3 is 15.1 Å². The van der Waals surface area contributed by atoms with Crippen molar-refractivity contribution in [2.24, 2.45) is 0 Å². The van der Waals surface area contributed by atoms with E-state index in [9.17, 15) is 9.59 Å². The number of amides is 2. The van der Waals surface area contributed by atoms with Crippen LogP contribution in [0, 0.1) is 0 Å². The van der Waals surface area contributed by atoms with Crippen LogP contribution < -0.4 is 10.2 Å². The maximum Gasteiger partial charge on any atom is 0.252 e. The number of carbonyl (C=O) groups excluding carboxylic acids is 2. The van der Waals surface area contributed by atoms with Gasteiger partial charge in [0.1, 0.15) is 0 Å². The number of fused-ring (bicyclic) bond motifs is 1. The average molecular weight is 384 g/mol. The van der Waals surface area contributed by atoms with Crippen LogP contribution in [0.3, 0.4) is 0 Å². The lowest BCUT2D eigenvalue weighted by Crippen LogP contribution is -2.51. The summed E-state index contributed by atoms with van der Waals surface area (Å²) in [6.07, 6.45) is 4.42. The predicted octanol–water partition coefficient (Wildman–Crippen LogP) is 2.71. The first-order valence-electron chi connectivity index (χ1n) is 9.67. The van der Waals surface area contributed by atoms with Gasteiger partial charge in [-0.2, -0.15) is 0 Å². The van der Waals surface area contributed by atoms with E-state index in [2.05, 4.69) is 22.3 Å². The van der Waals surface area contributed by atoms with Gasteiger partial charge in [-0.25, -0.2) is 0 Å². The maximum atomic E-state index is 12.5. The minimum absolute atomic E-state index is 0.000147. The number of rotatable bonds is 4. The van der Waals surface area contributed by atoms with Crippen molar-refractivity contribution in [3.05, 3.63) is 51.7 Å². The number of piperazine rings is 1. The molecule has 2 aliphatic rings. The third kappa shape index (κ3) is 4.00. The number of hydrogen-bond donors (Lipinski definition) is 1. The van der Waals surface area contributed by atoms with Gasteiger partial charge in [0.25, 0.3) is 5.91 Å². The second-order valence-corrected chi connectivity index (χ2v) is 8.11. The molecule has 2 heterocycles. The zero-order valence-corrected chi connectivity index (χ0v) is 16.3. The molecule has 0 saturated carbocycles. The van der Waals surface area contributed by atoms with E-state index in [0.29, 0.717) is 13.1 Å². The smallest absolute Gasteiger partial charge is 0.252 e. The summed E-state index contributed by atoms with van der Waals surface area (Å²) in [5.74, 6) is -0.106. The molecular formula is C21H25N3O2S. The van der Waals surface area contributed by atoms with Crippen molar-refractivity contribution in [1.82, 2.24) is 10.2 Å². The topological polar surface area (TPSA) is 52.7 Å². The van der Waals surface area contributed by atoms with Crippen molar-refractivity contribution >= 4 is 28.8 Å². The Bertz CT molecular complexity index is 810. The Kier molecular flexibility index (Phi) is 5.43. The minimum atomic E-state index is -0.106. The third-order valence-electron chi connectivity index (χ3n) is 5.46. The van der Waals surface area contributed by atoms with Crippen LogP contribution in [0.1, 0.15) is 33.6 Å². The second-order valence-electron chi connectivity index (χ2n) is 7.14. The van der Waals surface area contributed by atoms with Crippen molar-refractivity contribution < 1.29 is 9.59 Å². The molecule has 1 N–H and O–H groups in total. The van der Waals surface area contributed by atoms with Gasteiger partial charge >= 0.3 is 0 Å². The molecule has 0 bridgehead atoms. The van der Waals surface area contributed by atoms with E-state index in [1.54, 1.807) is 11.3 Å². The lowest BCUT2D eigenvalue weighted by atomic mass is 9.96. The zero-order chi connectivity index (χ0) is 18.6. The number of para-hydroxylation sites is 1. The van der Waals surface area contributed by atoms with Gasteiger partial charge in [-0.05, 0) is 43.4 Å². The molecule has 142 valence electrons. The van der Waals surface area contributed by atoms with Crippen LogP contribution in [-0.2, 0) is 17.6 Å². The van der Waals surface area contributed by atoms with Crippen LogP contribution in [0.2, 0.25) is 0 Å². The van der Waals surface area contributed by atoms with Gasteiger partial charge in [-0.15, -0.1) is 11.3 Å². The third-order valence-corrected chi connectivity index (χ3v) is 6.55. The standard InChI is InChI=1S/C21H25N3O2S/c25-20(24-12-10-23(11-13-24)16-6-2-1-3-7-16)14-22-21(26)18-15-27-19-9-5-4-8-17(18)19/h1-3,6-7,15H,4-5,8-14H2,(H,22,26). The fourth-order valence-corrected chi connectivity index (χ4v) is 5.03. The Morgan fingerprint density at radius 2 is 1.74 bits per heavy atom. The van der Waals surface area contributed by atoms with Crippen molar-refractivity contribution in [3.8, 4) is 0 Å². The van der Waals surface area contributed by atoms with Crippen LogP contribution in [-0.4, -0.2) is 49.4 Å². The molecule has 1 aromatic carbocycles. The number of nitrogens with zero attached hydrogens (tertiary/aromatic N) is 2. The van der Waals surface area contributed by atoms with Gasteiger partial charge in [0.2, 0.25) is 5.91 Å². The summed E-state index contributed by atoms with van der Waals surface area (Å²) in [6.45, 7) is 3.10. The quantitative estimate of drug-likeness (QED) is 0.883. The molecule has 5 nitrogen and oxygen atoms in total. The zero-order valence-electron chi connectivity index (χ0n) is 15.4. The summed E-state index contributed by atoms with van der Waals surface area (Å²) in [4.78, 5) is 30.5. The molecule has 0 spiro atoms. The fraction of sp³-hybridized carbons (Fsp3) is 0.429. The lowest BCUT2D eigenvalue weighted by Gasteiger charge is -2.36. The lowest BCUT2D eigenvalue weighted by molar-refractivity contribution is -0.130. The van der Waals surface area contributed by atoms with Crippen LogP contribution in [0.4, 0.5) is 5.69 Å². The molecule has 1 aliphatic heterocycles. The maximum absolute atomic E-state index is 12.5. The van der Waals surface area contributed by atoms with E-state index >= 15 is 0 Å². The van der Waals surface area contributed by atoms with Crippen molar-refractivity contribution in [2.45, 2.75) is 25.7 Å². The number of carbonyl (C=O) groups is 2. The molecule has 0 atom stereocenters.